The number of aryl methyl sites for hydroxylation is 2. The van der Waals surface area contributed by atoms with Gasteiger partial charge >= 0.3 is 26.2 Å². The Labute approximate surface area is 234 Å². The van der Waals surface area contributed by atoms with Gasteiger partial charge in [0, 0.05) is 0 Å². The first-order chi connectivity index (χ1) is 14.3. The summed E-state index contributed by atoms with van der Waals surface area (Å²) in [5, 5.41) is 5.61. The van der Waals surface area contributed by atoms with Gasteiger partial charge in [-0.3, -0.25) is 0 Å². The van der Waals surface area contributed by atoms with Gasteiger partial charge in [0.25, 0.3) is 0 Å². The van der Waals surface area contributed by atoms with Crippen LogP contribution in [-0.2, 0) is 26.2 Å². The molecule has 0 amide bonds. The van der Waals surface area contributed by atoms with Crippen molar-refractivity contribution in [2.45, 2.75) is 66.2 Å². The van der Waals surface area contributed by atoms with E-state index in [0.717, 1.165) is 12.8 Å². The molecule has 0 aliphatic rings. The van der Waals surface area contributed by atoms with E-state index in [1.54, 1.807) is 0 Å². The maximum Gasteiger partial charge on any atom is 4.00 e. The Hall–Kier alpha value is -0.877. The number of halogens is 2. The third-order valence-electron chi connectivity index (χ3n) is 5.35. The van der Waals surface area contributed by atoms with Gasteiger partial charge in [0.15, 0.2) is 0 Å². The summed E-state index contributed by atoms with van der Waals surface area (Å²) < 4.78 is 0. The maximum atomic E-state index is 3.54. The topological polar surface area (TPSA) is 0 Å². The number of rotatable bonds is 3. The minimum Gasteiger partial charge on any atom is -0.346 e. The molecule has 33 heavy (non-hydrogen) atoms. The van der Waals surface area contributed by atoms with E-state index in [4.69, 9.17) is 0 Å². The van der Waals surface area contributed by atoms with Gasteiger partial charge in [0.1, 0.15) is 0 Å². The number of hydrogen-bond donors (Lipinski definition) is 0. The Bertz CT molecular complexity index is 968. The zero-order valence-corrected chi connectivity index (χ0v) is 25.2. The predicted molar refractivity (Wildman–Crippen MR) is 151 cm³/mol. The van der Waals surface area contributed by atoms with Crippen molar-refractivity contribution in [1.29, 1.82) is 0 Å². The first-order valence-corrected chi connectivity index (χ1v) is 11.2. The van der Waals surface area contributed by atoms with E-state index in [1.165, 1.54) is 43.8 Å². The molecule has 0 saturated heterocycles. The van der Waals surface area contributed by atoms with Gasteiger partial charge < -0.3 is 13.8 Å². The summed E-state index contributed by atoms with van der Waals surface area (Å²) in [6.45, 7) is 20.4. The van der Waals surface area contributed by atoms with E-state index in [1.807, 2.05) is 0 Å². The van der Waals surface area contributed by atoms with E-state index in [-0.39, 0.29) is 51.0 Å². The van der Waals surface area contributed by atoms with Crippen LogP contribution in [0.5, 0.6) is 0 Å². The van der Waals surface area contributed by atoms with E-state index >= 15 is 0 Å². The van der Waals surface area contributed by atoms with Gasteiger partial charge in [-0.1, -0.05) is 64.8 Å². The van der Waals surface area contributed by atoms with Crippen LogP contribution in [0, 0.1) is 27.7 Å². The summed E-state index contributed by atoms with van der Waals surface area (Å²) in [4.78, 5) is 0. The fraction of sp³-hybridized carbons (Fsp3) is 0.333. The van der Waals surface area contributed by atoms with E-state index in [2.05, 4.69) is 116 Å². The smallest absolute Gasteiger partial charge is 0.346 e. The Balaban J connectivity index is 0. The van der Waals surface area contributed by atoms with Crippen LogP contribution in [0.3, 0.4) is 0 Å². The molecule has 0 heterocycles. The average molecular weight is 563 g/mol. The van der Waals surface area contributed by atoms with Crippen molar-refractivity contribution in [2.24, 2.45) is 0 Å². The molecule has 0 unspecified atom stereocenters. The molecule has 4 aromatic rings. The Morgan fingerprint density at radius 2 is 1.00 bits per heavy atom. The van der Waals surface area contributed by atoms with Crippen LogP contribution in [0.15, 0.2) is 60.7 Å². The zero-order valence-electron chi connectivity index (χ0n) is 21.1. The quantitative estimate of drug-likeness (QED) is 0.218. The number of hydrogen-bond acceptors (Lipinski definition) is 0. The third-order valence-corrected chi connectivity index (χ3v) is 5.35. The molecular weight excluding hydrogens is 522 g/mol. The molecule has 0 spiro atoms. The number of benzene rings is 2. The minimum atomic E-state index is 0. The molecule has 178 valence electrons. The summed E-state index contributed by atoms with van der Waals surface area (Å²) in [6.07, 6.45) is 1.92. The summed E-state index contributed by atoms with van der Waals surface area (Å²) in [5.41, 5.74) is 5.66. The van der Waals surface area contributed by atoms with Gasteiger partial charge in [-0.2, -0.15) is 12.1 Å². The molecule has 0 radical (unpaired) electrons. The van der Waals surface area contributed by atoms with Crippen molar-refractivity contribution in [2.75, 3.05) is 0 Å². The molecule has 0 N–H and O–H groups in total. The van der Waals surface area contributed by atoms with Gasteiger partial charge in [0.05, 0.1) is 0 Å². The Morgan fingerprint density at radius 3 is 1.27 bits per heavy atom. The normalized spacial score (nSPS) is 9.88. The predicted octanol–water partition coefficient (Wildman–Crippen LogP) is 10.3. The van der Waals surface area contributed by atoms with Crippen LogP contribution in [0.2, 0.25) is 0 Å². The van der Waals surface area contributed by atoms with Crippen LogP contribution in [0.1, 0.15) is 74.6 Å². The second kappa shape index (κ2) is 16.7. The summed E-state index contributed by atoms with van der Waals surface area (Å²) in [5.74, 6) is 1.23. The molecule has 4 aromatic carbocycles. The second-order valence-electron chi connectivity index (χ2n) is 8.78. The van der Waals surface area contributed by atoms with Crippen molar-refractivity contribution in [3.8, 4) is 0 Å². The first-order valence-electron chi connectivity index (χ1n) is 11.2. The van der Waals surface area contributed by atoms with Gasteiger partial charge in [0.2, 0.25) is 0 Å². The van der Waals surface area contributed by atoms with Crippen LogP contribution < -0.4 is 0 Å². The molecule has 0 aliphatic heterocycles. The molecule has 0 nitrogen and oxygen atoms in total. The molecule has 0 aromatic heterocycles. The first kappa shape index (κ1) is 34.3. The van der Waals surface area contributed by atoms with Gasteiger partial charge in [-0.25, -0.2) is 12.8 Å². The second-order valence-corrected chi connectivity index (χ2v) is 8.78. The largest absolute Gasteiger partial charge is 4.00 e. The van der Waals surface area contributed by atoms with Crippen molar-refractivity contribution in [1.82, 2.24) is 0 Å². The van der Waals surface area contributed by atoms with Crippen LogP contribution in [0.4, 0.5) is 0 Å². The van der Waals surface area contributed by atoms with Gasteiger partial charge in [-0.05, 0) is 11.8 Å². The molecule has 4 rings (SSSR count). The molecule has 0 aliphatic carbocycles. The van der Waals surface area contributed by atoms with Gasteiger partial charge in [-0.15, -0.1) is 93.9 Å². The van der Waals surface area contributed by atoms with E-state index in [0.29, 0.717) is 11.8 Å². The molecular formula is C30H40Cl2Zr. The van der Waals surface area contributed by atoms with Crippen molar-refractivity contribution in [3.63, 3.8) is 0 Å². The number of unbranched alkanes of at least 4 members (excludes halogenated alkanes) is 1. The molecule has 0 fully saturated rings. The summed E-state index contributed by atoms with van der Waals surface area (Å²) in [7, 11) is 0. The molecule has 3 heteroatoms. The van der Waals surface area contributed by atoms with Crippen LogP contribution >= 0.6 is 24.8 Å². The molecule has 0 bridgehead atoms. The fourth-order valence-electron chi connectivity index (χ4n) is 3.82. The average Bonchev–Trinajstić information content (AvgIpc) is 3.28. The summed E-state index contributed by atoms with van der Waals surface area (Å²) >= 11 is 0. The zero-order chi connectivity index (χ0) is 22.3. The molecule has 0 saturated carbocycles. The summed E-state index contributed by atoms with van der Waals surface area (Å²) in [6, 6.07) is 22.2. The minimum absolute atomic E-state index is 0. The van der Waals surface area contributed by atoms with Crippen molar-refractivity contribution in [3.05, 3.63) is 96.8 Å². The maximum absolute atomic E-state index is 3.54. The van der Waals surface area contributed by atoms with Crippen molar-refractivity contribution < 1.29 is 26.2 Å². The van der Waals surface area contributed by atoms with E-state index in [9.17, 15) is 0 Å². The monoisotopic (exact) mass is 560 g/mol. The molecule has 0 atom stereocenters. The Kier molecular flexibility index (Phi) is 17.4. The third kappa shape index (κ3) is 9.72. The number of fused-ring (bicyclic) bond motifs is 2. The van der Waals surface area contributed by atoms with Crippen LogP contribution in [0.25, 0.3) is 21.5 Å². The van der Waals surface area contributed by atoms with E-state index < -0.39 is 0 Å². The van der Waals surface area contributed by atoms with Crippen LogP contribution in [-0.4, -0.2) is 0 Å². The van der Waals surface area contributed by atoms with Crippen molar-refractivity contribution >= 4 is 46.4 Å². The SMILES string of the molecule is Cc1cc2c(C(C)C)cccc2[cH-]1.Cc1cc2c(C(C)C)cccc2[cH-]1.Cl.Cl.[CH2-]CC[CH2-].[Zr+4]. The Morgan fingerprint density at radius 1 is 0.667 bits per heavy atom. The fourth-order valence-corrected chi connectivity index (χ4v) is 3.82. The standard InChI is InChI=1S/2C13H15.C4H8.2ClH.Zr/c2*1-9(2)12-6-4-5-11-7-10(3)8-13(11)12;1-3-4-2;;;/h2*4-9H,1-3H3;1-4H2;2*1H;/q2*-1;-2;;;+4.